The lowest BCUT2D eigenvalue weighted by Crippen LogP contribution is -2.78. The van der Waals surface area contributed by atoms with Gasteiger partial charge in [0.25, 0.3) is 5.91 Å². The molecule has 1 spiro atoms. The Kier molecular flexibility index (Phi) is 8.86. The number of allylic oxidation sites excluding steroid dienone is 1. The Hall–Kier alpha value is -3.55. The smallest absolute Gasteiger partial charge is 0.426 e. The second kappa shape index (κ2) is 10.9. The number of esters is 1. The fourth-order valence-corrected chi connectivity index (χ4v) is 4.87. The molecule has 2 unspecified atom stereocenters. The van der Waals surface area contributed by atoms with Crippen LogP contribution in [-0.4, -0.2) is 87.0 Å². The summed E-state index contributed by atoms with van der Waals surface area (Å²) in [4.78, 5) is 69.1. The van der Waals surface area contributed by atoms with Crippen LogP contribution in [0.5, 0.6) is 0 Å². The normalized spacial score (nSPS) is 23.5. The summed E-state index contributed by atoms with van der Waals surface area (Å²) in [5.41, 5.74) is 2.02. The molecule has 0 aromatic heterocycles. The van der Waals surface area contributed by atoms with Crippen molar-refractivity contribution in [3.63, 3.8) is 0 Å². The van der Waals surface area contributed by atoms with E-state index in [1.165, 1.54) is 23.8 Å². The van der Waals surface area contributed by atoms with Gasteiger partial charge in [-0.3, -0.25) is 20.1 Å². The van der Waals surface area contributed by atoms with Gasteiger partial charge < -0.3 is 19.1 Å². The molecule has 1 saturated heterocycles. The Morgan fingerprint density at radius 2 is 1.44 bits per heavy atom. The highest BCUT2D eigenvalue weighted by molar-refractivity contribution is 6.16. The summed E-state index contributed by atoms with van der Waals surface area (Å²) in [6.45, 7) is 17.8. The van der Waals surface area contributed by atoms with Crippen molar-refractivity contribution >= 4 is 30.1 Å². The van der Waals surface area contributed by atoms with E-state index in [1.54, 1.807) is 62.3 Å². The van der Waals surface area contributed by atoms with Gasteiger partial charge in [-0.2, -0.15) is 0 Å². The molecule has 39 heavy (non-hydrogen) atoms. The van der Waals surface area contributed by atoms with Crippen LogP contribution in [0, 0.1) is 0 Å². The second-order valence-electron chi connectivity index (χ2n) is 11.2. The van der Waals surface area contributed by atoms with E-state index in [4.69, 9.17) is 14.2 Å². The largest absolute Gasteiger partial charge is 0.462 e. The quantitative estimate of drug-likeness (QED) is 0.185. The van der Waals surface area contributed by atoms with Gasteiger partial charge in [-0.05, 0) is 76.2 Å². The van der Waals surface area contributed by atoms with Crippen LogP contribution in [0.15, 0.2) is 11.3 Å². The lowest BCUT2D eigenvalue weighted by Gasteiger charge is -2.48. The minimum absolute atomic E-state index is 0.00123. The summed E-state index contributed by atoms with van der Waals surface area (Å²) < 4.78 is 16.1. The number of urea groups is 1. The number of nitrogens with zero attached hydrogens (tertiary/aromatic N) is 3. The van der Waals surface area contributed by atoms with Crippen molar-refractivity contribution in [2.75, 3.05) is 19.7 Å². The number of nitrogens with one attached hydrogen (secondary N) is 3. The standard InChI is InChI=1S/C25H42N6O8/c1-12-29-18(33)25(30(13-2)21(29)36)16(17(32)37-14-3)15(4)31(27-20(35)39-23(8,9)10)24(25,11)28-26-19(34)38-22(5,6)7/h28H,12-14H2,1-11H3,(H,26,34)(H,27,35). The third-order valence-corrected chi connectivity index (χ3v) is 6.15. The maximum atomic E-state index is 14.2. The molecule has 0 aromatic carbocycles. The van der Waals surface area contributed by atoms with Crippen molar-refractivity contribution in [1.29, 1.82) is 0 Å². The highest BCUT2D eigenvalue weighted by Crippen LogP contribution is 2.51. The zero-order valence-corrected chi connectivity index (χ0v) is 24.7. The number of carbonyl (C=O) groups excluding carboxylic acids is 5. The molecule has 2 atom stereocenters. The van der Waals surface area contributed by atoms with E-state index < -0.39 is 52.5 Å². The lowest BCUT2D eigenvalue weighted by atomic mass is 9.79. The Bertz CT molecular complexity index is 1060. The molecule has 0 aromatic rings. The molecule has 0 saturated carbocycles. The van der Waals surface area contributed by atoms with Gasteiger partial charge in [-0.25, -0.2) is 30.0 Å². The first-order valence-corrected chi connectivity index (χ1v) is 12.9. The maximum Gasteiger partial charge on any atom is 0.426 e. The molecular formula is C25H42N6O8. The van der Waals surface area contributed by atoms with Gasteiger partial charge in [0, 0.05) is 18.8 Å². The first-order valence-electron chi connectivity index (χ1n) is 12.9. The summed E-state index contributed by atoms with van der Waals surface area (Å²) in [7, 11) is 0. The molecule has 2 aliphatic rings. The zero-order valence-electron chi connectivity index (χ0n) is 24.7. The predicted molar refractivity (Wildman–Crippen MR) is 139 cm³/mol. The summed E-state index contributed by atoms with van der Waals surface area (Å²) in [6, 6.07) is -0.649. The molecule has 2 rings (SSSR count). The van der Waals surface area contributed by atoms with Crippen LogP contribution < -0.4 is 16.3 Å². The van der Waals surface area contributed by atoms with Gasteiger partial charge >= 0.3 is 24.2 Å². The lowest BCUT2D eigenvalue weighted by molar-refractivity contribution is -0.147. The first-order chi connectivity index (χ1) is 17.8. The van der Waals surface area contributed by atoms with Crippen molar-refractivity contribution in [2.45, 2.75) is 98.6 Å². The second-order valence-corrected chi connectivity index (χ2v) is 11.2. The van der Waals surface area contributed by atoms with Crippen molar-refractivity contribution in [2.24, 2.45) is 0 Å². The van der Waals surface area contributed by atoms with Gasteiger partial charge in [0.15, 0.2) is 11.2 Å². The molecule has 0 bridgehead atoms. The Labute approximate surface area is 229 Å². The van der Waals surface area contributed by atoms with E-state index in [1.807, 2.05) is 0 Å². The van der Waals surface area contributed by atoms with Crippen molar-refractivity contribution in [3.8, 4) is 0 Å². The third kappa shape index (κ3) is 5.60. The molecule has 1 fully saturated rings. The topological polar surface area (TPSA) is 159 Å². The molecule has 14 nitrogen and oxygen atoms in total. The number of carbonyl (C=O) groups is 5. The molecule has 3 N–H and O–H groups in total. The van der Waals surface area contributed by atoms with Crippen LogP contribution in [0.2, 0.25) is 0 Å². The van der Waals surface area contributed by atoms with Crippen molar-refractivity contribution < 1.29 is 38.2 Å². The number of hydrogen-bond acceptors (Lipinski definition) is 10. The summed E-state index contributed by atoms with van der Waals surface area (Å²) in [5, 5.41) is 1.19. The number of likely N-dealkylation sites (N-methyl/N-ethyl adjacent to an activating group) is 2. The van der Waals surface area contributed by atoms with Crippen LogP contribution >= 0.6 is 0 Å². The van der Waals surface area contributed by atoms with Crippen LogP contribution in [0.25, 0.3) is 0 Å². The van der Waals surface area contributed by atoms with E-state index in [-0.39, 0.29) is 31.0 Å². The predicted octanol–water partition coefficient (Wildman–Crippen LogP) is 2.37. The van der Waals surface area contributed by atoms with Crippen molar-refractivity contribution in [1.82, 2.24) is 31.1 Å². The Morgan fingerprint density at radius 3 is 1.90 bits per heavy atom. The van der Waals surface area contributed by atoms with Crippen LogP contribution in [-0.2, 0) is 23.8 Å². The minimum atomic E-state index is -2.07. The number of ether oxygens (including phenoxy) is 3. The SMILES string of the molecule is CCOC(=O)C1=C(C)N(NC(=O)OC(C)(C)C)C(C)(NNC(=O)OC(C)(C)C)C12C(=O)N(CC)C(=O)N2CC. The summed E-state index contributed by atoms with van der Waals surface area (Å²) in [6.07, 6.45) is -1.80. The number of hydrazine groups is 2. The molecule has 220 valence electrons. The average Bonchev–Trinajstić information content (AvgIpc) is 3.10. The molecule has 14 heteroatoms. The molecule has 5 amide bonds. The van der Waals surface area contributed by atoms with Gasteiger partial charge in [0.2, 0.25) is 0 Å². The fraction of sp³-hybridized carbons (Fsp3) is 0.720. The average molecular weight is 555 g/mol. The number of hydrogen-bond donors (Lipinski definition) is 3. The van der Waals surface area contributed by atoms with Crippen LogP contribution in [0.3, 0.4) is 0 Å². The zero-order chi connectivity index (χ0) is 30.1. The van der Waals surface area contributed by atoms with Gasteiger partial charge in [-0.15, -0.1) is 0 Å². The van der Waals surface area contributed by atoms with Crippen molar-refractivity contribution in [3.05, 3.63) is 11.3 Å². The summed E-state index contributed by atoms with van der Waals surface area (Å²) >= 11 is 0. The molecule has 0 aliphatic carbocycles. The minimum Gasteiger partial charge on any atom is -0.462 e. The Morgan fingerprint density at radius 1 is 0.897 bits per heavy atom. The first kappa shape index (κ1) is 31.7. The van der Waals surface area contributed by atoms with E-state index in [0.29, 0.717) is 0 Å². The van der Waals surface area contributed by atoms with Crippen LogP contribution in [0.1, 0.15) is 76.2 Å². The van der Waals surface area contributed by atoms with Gasteiger partial charge in [0.05, 0.1) is 12.2 Å². The Balaban J connectivity index is 2.82. The van der Waals surface area contributed by atoms with Gasteiger partial charge in [-0.1, -0.05) is 0 Å². The van der Waals surface area contributed by atoms with E-state index >= 15 is 0 Å². The molecule has 0 radical (unpaired) electrons. The van der Waals surface area contributed by atoms with E-state index in [2.05, 4.69) is 16.3 Å². The van der Waals surface area contributed by atoms with Crippen LogP contribution in [0.4, 0.5) is 14.4 Å². The number of rotatable bonds is 7. The number of imide groups is 1. The monoisotopic (exact) mass is 554 g/mol. The highest BCUT2D eigenvalue weighted by Gasteiger charge is 2.75. The highest BCUT2D eigenvalue weighted by atomic mass is 16.6. The summed E-state index contributed by atoms with van der Waals surface area (Å²) in [5.74, 6) is -1.61. The fourth-order valence-electron chi connectivity index (χ4n) is 4.87. The molecule has 2 heterocycles. The van der Waals surface area contributed by atoms with Gasteiger partial charge in [0.1, 0.15) is 11.2 Å². The molecular weight excluding hydrogens is 512 g/mol. The third-order valence-electron chi connectivity index (χ3n) is 6.15. The maximum absolute atomic E-state index is 14.2. The van der Waals surface area contributed by atoms with E-state index in [0.717, 1.165) is 4.90 Å². The van der Waals surface area contributed by atoms with E-state index in [9.17, 15) is 24.0 Å². The number of amides is 5. The molecule has 2 aliphatic heterocycles.